The van der Waals surface area contributed by atoms with E-state index < -0.39 is 0 Å². The first-order valence-corrected chi connectivity index (χ1v) is 12.5. The van der Waals surface area contributed by atoms with Crippen molar-refractivity contribution in [2.24, 2.45) is 0 Å². The molecule has 7 heteroatoms. The average molecular weight is 506 g/mol. The van der Waals surface area contributed by atoms with Crippen molar-refractivity contribution in [1.82, 2.24) is 4.90 Å². The van der Waals surface area contributed by atoms with Crippen molar-refractivity contribution in [2.45, 2.75) is 32.4 Å². The topological polar surface area (TPSA) is 61.9 Å². The molecule has 4 rings (SSSR count). The second-order valence-electron chi connectivity index (χ2n) is 9.47. The zero-order valence-corrected chi connectivity index (χ0v) is 21.9. The first kappa shape index (κ1) is 25.7. The number of rotatable bonds is 7. The lowest BCUT2D eigenvalue weighted by atomic mass is 9.88. The van der Waals surface area contributed by atoms with Gasteiger partial charge in [-0.25, -0.2) is 4.79 Å². The quantitative estimate of drug-likeness (QED) is 0.397. The van der Waals surface area contributed by atoms with Crippen LogP contribution in [0.5, 0.6) is 0 Å². The Kier molecular flexibility index (Phi) is 7.97. The minimum atomic E-state index is -0.327. The van der Waals surface area contributed by atoms with Gasteiger partial charge >= 0.3 is 5.97 Å². The summed E-state index contributed by atoms with van der Waals surface area (Å²) in [6.45, 7) is 4.72. The number of hydrogen-bond acceptors (Lipinski definition) is 5. The van der Waals surface area contributed by atoms with E-state index in [1.807, 2.05) is 72.4 Å². The van der Waals surface area contributed by atoms with Crippen molar-refractivity contribution >= 4 is 34.9 Å². The standard InChI is InChI=1S/C29H32ClN3O3/c1-19-17-27(31-25-12-10-24(30)11-13-25)26-18-23(9-14-28(26)33(19)20(2)34)21-5-7-22(8-6-21)29(35)36-16-15-32(3)4/h5-14,18-19,27,31H,15-17H2,1-4H3/t19-,27+/m0/s1. The van der Waals surface area contributed by atoms with Crippen LogP contribution in [0.2, 0.25) is 5.02 Å². The number of nitrogens with zero attached hydrogens (tertiary/aromatic N) is 2. The van der Waals surface area contributed by atoms with Gasteiger partial charge in [-0.15, -0.1) is 0 Å². The molecule has 0 unspecified atom stereocenters. The molecule has 1 N–H and O–H groups in total. The molecule has 0 saturated heterocycles. The van der Waals surface area contributed by atoms with Gasteiger partial charge in [0.25, 0.3) is 0 Å². The van der Waals surface area contributed by atoms with E-state index in [1.165, 1.54) is 0 Å². The molecular weight excluding hydrogens is 474 g/mol. The summed E-state index contributed by atoms with van der Waals surface area (Å²) in [6.07, 6.45) is 0.774. The Labute approximate surface area is 217 Å². The monoisotopic (exact) mass is 505 g/mol. The lowest BCUT2D eigenvalue weighted by Crippen LogP contribution is -2.43. The molecule has 0 bridgehead atoms. The number of nitrogens with one attached hydrogen (secondary N) is 1. The summed E-state index contributed by atoms with van der Waals surface area (Å²) in [6, 6.07) is 21.4. The van der Waals surface area contributed by atoms with Crippen LogP contribution in [0.4, 0.5) is 11.4 Å². The Balaban J connectivity index is 1.61. The lowest BCUT2D eigenvalue weighted by Gasteiger charge is -2.39. The van der Waals surface area contributed by atoms with Crippen LogP contribution in [-0.2, 0) is 9.53 Å². The summed E-state index contributed by atoms with van der Waals surface area (Å²) < 4.78 is 5.35. The maximum Gasteiger partial charge on any atom is 0.338 e. The van der Waals surface area contributed by atoms with Crippen LogP contribution in [0, 0.1) is 0 Å². The molecule has 6 nitrogen and oxygen atoms in total. The van der Waals surface area contributed by atoms with Crippen LogP contribution in [0.3, 0.4) is 0 Å². The summed E-state index contributed by atoms with van der Waals surface area (Å²) >= 11 is 6.07. The molecule has 3 aromatic rings. The lowest BCUT2D eigenvalue weighted by molar-refractivity contribution is -0.117. The molecule has 1 amide bonds. The normalized spacial score (nSPS) is 17.0. The fraction of sp³-hybridized carbons (Fsp3) is 0.310. The maximum absolute atomic E-state index is 12.5. The molecule has 36 heavy (non-hydrogen) atoms. The van der Waals surface area contributed by atoms with Crippen LogP contribution in [-0.4, -0.2) is 50.1 Å². The Morgan fingerprint density at radius 2 is 1.69 bits per heavy atom. The molecule has 2 atom stereocenters. The molecule has 188 valence electrons. The second kappa shape index (κ2) is 11.1. The minimum absolute atomic E-state index is 0.0256. The smallest absolute Gasteiger partial charge is 0.338 e. The van der Waals surface area contributed by atoms with Crippen LogP contribution in [0.25, 0.3) is 11.1 Å². The summed E-state index contributed by atoms with van der Waals surface area (Å²) in [5.74, 6) is -0.300. The third kappa shape index (κ3) is 5.89. The number of carbonyl (C=O) groups excluding carboxylic acids is 2. The van der Waals surface area contributed by atoms with Crippen molar-refractivity contribution in [3.8, 4) is 11.1 Å². The molecule has 0 spiro atoms. The van der Waals surface area contributed by atoms with Gasteiger partial charge in [0.05, 0.1) is 11.6 Å². The van der Waals surface area contributed by atoms with Gasteiger partial charge in [-0.2, -0.15) is 0 Å². The van der Waals surface area contributed by atoms with Crippen molar-refractivity contribution in [3.63, 3.8) is 0 Å². The van der Waals surface area contributed by atoms with Gasteiger partial charge in [-0.05, 0) is 92.7 Å². The van der Waals surface area contributed by atoms with Crippen molar-refractivity contribution in [3.05, 3.63) is 82.9 Å². The second-order valence-corrected chi connectivity index (χ2v) is 9.90. The van der Waals surface area contributed by atoms with Crippen molar-refractivity contribution < 1.29 is 14.3 Å². The number of carbonyl (C=O) groups is 2. The first-order valence-electron chi connectivity index (χ1n) is 12.1. The van der Waals surface area contributed by atoms with Crippen molar-refractivity contribution in [1.29, 1.82) is 0 Å². The van der Waals surface area contributed by atoms with E-state index >= 15 is 0 Å². The van der Waals surface area contributed by atoms with E-state index in [9.17, 15) is 9.59 Å². The van der Waals surface area contributed by atoms with Crippen LogP contribution < -0.4 is 10.2 Å². The summed E-state index contributed by atoms with van der Waals surface area (Å²) in [5.41, 5.74) is 5.47. The highest BCUT2D eigenvalue weighted by Gasteiger charge is 2.32. The molecular formula is C29H32ClN3O3. The largest absolute Gasteiger partial charge is 0.461 e. The minimum Gasteiger partial charge on any atom is -0.461 e. The summed E-state index contributed by atoms with van der Waals surface area (Å²) in [5, 5.41) is 4.31. The van der Waals surface area contributed by atoms with Crippen LogP contribution in [0.1, 0.15) is 42.2 Å². The molecule has 1 aliphatic heterocycles. The maximum atomic E-state index is 12.5. The number of benzene rings is 3. The average Bonchev–Trinajstić information content (AvgIpc) is 2.85. The third-order valence-corrected chi connectivity index (χ3v) is 6.68. The molecule has 0 aromatic heterocycles. The number of esters is 1. The molecule has 1 heterocycles. The molecule has 0 saturated carbocycles. The van der Waals surface area contributed by atoms with E-state index in [1.54, 1.807) is 19.1 Å². The summed E-state index contributed by atoms with van der Waals surface area (Å²) in [7, 11) is 3.88. The highest BCUT2D eigenvalue weighted by atomic mass is 35.5. The van der Waals surface area contributed by atoms with E-state index in [2.05, 4.69) is 18.3 Å². The van der Waals surface area contributed by atoms with Crippen molar-refractivity contribution in [2.75, 3.05) is 37.5 Å². The molecule has 0 aliphatic carbocycles. The fourth-order valence-electron chi connectivity index (χ4n) is 4.61. The zero-order chi connectivity index (χ0) is 25.8. The third-order valence-electron chi connectivity index (χ3n) is 6.43. The van der Waals surface area contributed by atoms with Gasteiger partial charge in [0.15, 0.2) is 0 Å². The van der Waals surface area contributed by atoms with Gasteiger partial charge in [-0.1, -0.05) is 29.8 Å². The predicted molar refractivity (Wildman–Crippen MR) is 146 cm³/mol. The van der Waals surface area contributed by atoms with Crippen LogP contribution >= 0.6 is 11.6 Å². The number of amides is 1. The first-order chi connectivity index (χ1) is 17.2. The number of likely N-dealkylation sites (N-methyl/N-ethyl adjacent to an activating group) is 1. The van der Waals surface area contributed by atoms with Gasteiger partial charge in [0.1, 0.15) is 6.61 Å². The Hall–Kier alpha value is -3.35. The Bertz CT molecular complexity index is 1230. The van der Waals surface area contributed by atoms with Gasteiger partial charge in [0.2, 0.25) is 5.91 Å². The number of ether oxygens (including phenoxy) is 1. The number of hydrogen-bond donors (Lipinski definition) is 1. The van der Waals surface area contributed by atoms with Gasteiger partial charge < -0.3 is 19.9 Å². The zero-order valence-electron chi connectivity index (χ0n) is 21.1. The van der Waals surface area contributed by atoms with E-state index in [4.69, 9.17) is 16.3 Å². The molecule has 3 aromatic carbocycles. The van der Waals surface area contributed by atoms with Gasteiger partial charge in [-0.3, -0.25) is 4.79 Å². The number of halogens is 1. The fourth-order valence-corrected chi connectivity index (χ4v) is 4.74. The van der Waals surface area contributed by atoms with E-state index in [-0.39, 0.29) is 24.0 Å². The summed E-state index contributed by atoms with van der Waals surface area (Å²) in [4.78, 5) is 28.7. The van der Waals surface area contributed by atoms with E-state index in [0.717, 1.165) is 34.5 Å². The predicted octanol–water partition coefficient (Wildman–Crippen LogP) is 6.02. The number of fused-ring (bicyclic) bond motifs is 1. The molecule has 0 radical (unpaired) electrons. The Morgan fingerprint density at radius 1 is 1.03 bits per heavy atom. The molecule has 0 fully saturated rings. The highest BCUT2D eigenvalue weighted by molar-refractivity contribution is 6.30. The Morgan fingerprint density at radius 3 is 2.33 bits per heavy atom. The van der Waals surface area contributed by atoms with Gasteiger partial charge in [0, 0.05) is 35.9 Å². The highest BCUT2D eigenvalue weighted by Crippen LogP contribution is 2.41. The number of anilines is 2. The van der Waals surface area contributed by atoms with E-state index in [0.29, 0.717) is 23.7 Å². The molecule has 1 aliphatic rings. The SMILES string of the molecule is CC(=O)N1c2ccc(-c3ccc(C(=O)OCCN(C)C)cc3)cc2[C@H](Nc2ccc(Cl)cc2)C[C@@H]1C. The van der Waals surface area contributed by atoms with Crippen LogP contribution in [0.15, 0.2) is 66.7 Å².